The minimum absolute atomic E-state index is 0.170. The van der Waals surface area contributed by atoms with Crippen LogP contribution in [0.5, 0.6) is 0 Å². The van der Waals surface area contributed by atoms with Crippen LogP contribution in [0.3, 0.4) is 0 Å². The van der Waals surface area contributed by atoms with Crippen molar-refractivity contribution < 1.29 is 13.9 Å². The smallest absolute Gasteiger partial charge is 0.131 e. The molecule has 0 spiro atoms. The number of hydrogen-bond acceptors (Lipinski definition) is 3. The van der Waals surface area contributed by atoms with Gasteiger partial charge in [0, 0.05) is 25.5 Å². The molecule has 1 heterocycles. The second-order valence-electron chi connectivity index (χ2n) is 5.02. The molecule has 0 radical (unpaired) electrons. The predicted octanol–water partition coefficient (Wildman–Crippen LogP) is 2.57. The SMILES string of the molecule is CN(CCc1ccncc1)C[C@H](O)c1c(F)cccc1F. The van der Waals surface area contributed by atoms with E-state index in [9.17, 15) is 13.9 Å². The van der Waals surface area contributed by atoms with E-state index in [1.807, 2.05) is 24.1 Å². The van der Waals surface area contributed by atoms with Gasteiger partial charge in [0.2, 0.25) is 0 Å². The molecule has 1 aromatic carbocycles. The van der Waals surface area contributed by atoms with Gasteiger partial charge >= 0.3 is 0 Å². The number of nitrogens with zero attached hydrogens (tertiary/aromatic N) is 2. The normalized spacial score (nSPS) is 12.6. The van der Waals surface area contributed by atoms with Crippen molar-refractivity contribution in [3.8, 4) is 0 Å². The van der Waals surface area contributed by atoms with Crippen LogP contribution in [0.1, 0.15) is 17.2 Å². The molecule has 0 saturated heterocycles. The Balaban J connectivity index is 1.91. The summed E-state index contributed by atoms with van der Waals surface area (Å²) in [7, 11) is 1.81. The highest BCUT2D eigenvalue weighted by Crippen LogP contribution is 2.21. The molecule has 21 heavy (non-hydrogen) atoms. The van der Waals surface area contributed by atoms with Gasteiger partial charge in [-0.3, -0.25) is 4.98 Å². The Morgan fingerprint density at radius 2 is 1.76 bits per heavy atom. The van der Waals surface area contributed by atoms with Crippen LogP contribution in [0.25, 0.3) is 0 Å². The molecule has 1 atom stereocenters. The molecule has 2 aromatic rings. The Labute approximate surface area is 122 Å². The summed E-state index contributed by atoms with van der Waals surface area (Å²) in [6, 6.07) is 7.42. The molecule has 1 N–H and O–H groups in total. The Bertz CT molecular complexity index is 557. The van der Waals surface area contributed by atoms with Crippen molar-refractivity contribution in [3.63, 3.8) is 0 Å². The fraction of sp³-hybridized carbons (Fsp3) is 0.312. The lowest BCUT2D eigenvalue weighted by Gasteiger charge is -2.21. The maximum atomic E-state index is 13.6. The van der Waals surface area contributed by atoms with E-state index in [4.69, 9.17) is 0 Å². The minimum Gasteiger partial charge on any atom is -0.387 e. The lowest BCUT2D eigenvalue weighted by atomic mass is 10.1. The van der Waals surface area contributed by atoms with Crippen LogP contribution in [0.2, 0.25) is 0 Å². The van der Waals surface area contributed by atoms with Crippen LogP contribution in [0.4, 0.5) is 8.78 Å². The quantitative estimate of drug-likeness (QED) is 0.889. The first kappa shape index (κ1) is 15.5. The zero-order valence-corrected chi connectivity index (χ0v) is 11.8. The van der Waals surface area contributed by atoms with E-state index in [0.717, 1.165) is 24.1 Å². The zero-order valence-electron chi connectivity index (χ0n) is 11.8. The Morgan fingerprint density at radius 1 is 1.14 bits per heavy atom. The average molecular weight is 292 g/mol. The van der Waals surface area contributed by atoms with Crippen LogP contribution in [0, 0.1) is 11.6 Å². The van der Waals surface area contributed by atoms with Gasteiger partial charge in [0.15, 0.2) is 0 Å². The number of halogens is 2. The zero-order chi connectivity index (χ0) is 15.2. The Hall–Kier alpha value is -1.85. The maximum absolute atomic E-state index is 13.6. The highest BCUT2D eigenvalue weighted by molar-refractivity contribution is 5.22. The molecule has 0 unspecified atom stereocenters. The summed E-state index contributed by atoms with van der Waals surface area (Å²) in [4.78, 5) is 5.79. The van der Waals surface area contributed by atoms with E-state index in [1.165, 1.54) is 6.07 Å². The lowest BCUT2D eigenvalue weighted by Crippen LogP contribution is -2.27. The summed E-state index contributed by atoms with van der Waals surface area (Å²) < 4.78 is 27.2. The molecule has 3 nitrogen and oxygen atoms in total. The van der Waals surface area contributed by atoms with E-state index in [-0.39, 0.29) is 12.1 Å². The van der Waals surface area contributed by atoms with Gasteiger partial charge in [-0.15, -0.1) is 0 Å². The predicted molar refractivity (Wildman–Crippen MR) is 76.8 cm³/mol. The summed E-state index contributed by atoms with van der Waals surface area (Å²) in [6.45, 7) is 0.847. The molecule has 0 saturated carbocycles. The van der Waals surface area contributed by atoms with E-state index < -0.39 is 17.7 Å². The van der Waals surface area contributed by atoms with E-state index >= 15 is 0 Å². The third-order valence-corrected chi connectivity index (χ3v) is 3.35. The molecule has 0 bridgehead atoms. The monoisotopic (exact) mass is 292 g/mol. The van der Waals surface area contributed by atoms with Crippen molar-refractivity contribution in [2.24, 2.45) is 0 Å². The van der Waals surface area contributed by atoms with Crippen molar-refractivity contribution in [1.29, 1.82) is 0 Å². The molecule has 0 aliphatic rings. The highest BCUT2D eigenvalue weighted by atomic mass is 19.1. The van der Waals surface area contributed by atoms with Crippen molar-refractivity contribution in [2.45, 2.75) is 12.5 Å². The van der Waals surface area contributed by atoms with Gasteiger partial charge in [-0.2, -0.15) is 0 Å². The molecular formula is C16H18F2N2O. The van der Waals surface area contributed by atoms with Crippen molar-refractivity contribution in [3.05, 3.63) is 65.5 Å². The fourth-order valence-electron chi connectivity index (χ4n) is 2.18. The van der Waals surface area contributed by atoms with E-state index in [1.54, 1.807) is 12.4 Å². The Morgan fingerprint density at radius 3 is 2.38 bits per heavy atom. The number of aliphatic hydroxyl groups excluding tert-OH is 1. The van der Waals surface area contributed by atoms with Gasteiger partial charge < -0.3 is 10.0 Å². The standard InChI is InChI=1S/C16H18F2N2O/c1-20(10-7-12-5-8-19-9-6-12)11-15(21)16-13(17)3-2-4-14(16)18/h2-6,8-9,15,21H,7,10-11H2,1H3/t15-/m0/s1. The van der Waals surface area contributed by atoms with Gasteiger partial charge in [0.05, 0.1) is 11.7 Å². The molecule has 112 valence electrons. The van der Waals surface area contributed by atoms with Crippen LogP contribution < -0.4 is 0 Å². The second kappa shape index (κ2) is 7.24. The molecule has 2 rings (SSSR count). The first-order valence-electron chi connectivity index (χ1n) is 6.77. The summed E-state index contributed by atoms with van der Waals surface area (Å²) in [5.41, 5.74) is 0.858. The molecule has 5 heteroatoms. The average Bonchev–Trinajstić information content (AvgIpc) is 2.46. The topological polar surface area (TPSA) is 36.4 Å². The van der Waals surface area contributed by atoms with Gasteiger partial charge in [-0.25, -0.2) is 8.78 Å². The van der Waals surface area contributed by atoms with Crippen molar-refractivity contribution in [1.82, 2.24) is 9.88 Å². The molecule has 0 amide bonds. The lowest BCUT2D eigenvalue weighted by molar-refractivity contribution is 0.120. The summed E-state index contributed by atoms with van der Waals surface area (Å²) in [5.74, 6) is -1.44. The molecule has 0 fully saturated rings. The first-order valence-corrected chi connectivity index (χ1v) is 6.77. The van der Waals surface area contributed by atoms with Crippen LogP contribution in [0.15, 0.2) is 42.7 Å². The summed E-state index contributed by atoms with van der Waals surface area (Å²) in [5, 5.41) is 10.0. The summed E-state index contributed by atoms with van der Waals surface area (Å²) in [6.07, 6.45) is 3.04. The first-order chi connectivity index (χ1) is 10.1. The van der Waals surface area contributed by atoms with E-state index in [0.29, 0.717) is 6.54 Å². The van der Waals surface area contributed by atoms with Gasteiger partial charge in [0.25, 0.3) is 0 Å². The van der Waals surface area contributed by atoms with Crippen LogP contribution >= 0.6 is 0 Å². The van der Waals surface area contributed by atoms with Crippen LogP contribution in [-0.4, -0.2) is 35.1 Å². The largest absolute Gasteiger partial charge is 0.387 e. The van der Waals surface area contributed by atoms with Gasteiger partial charge in [-0.05, 0) is 43.3 Å². The number of likely N-dealkylation sites (N-methyl/N-ethyl adjacent to an activating group) is 1. The third kappa shape index (κ3) is 4.31. The maximum Gasteiger partial charge on any atom is 0.131 e. The van der Waals surface area contributed by atoms with E-state index in [2.05, 4.69) is 4.98 Å². The number of pyridine rings is 1. The highest BCUT2D eigenvalue weighted by Gasteiger charge is 2.19. The number of benzene rings is 1. The molecule has 0 aliphatic carbocycles. The molecule has 1 aromatic heterocycles. The Kier molecular flexibility index (Phi) is 5.36. The second-order valence-corrected chi connectivity index (χ2v) is 5.02. The van der Waals surface area contributed by atoms with Gasteiger partial charge in [0.1, 0.15) is 11.6 Å². The van der Waals surface area contributed by atoms with Crippen molar-refractivity contribution >= 4 is 0 Å². The number of aliphatic hydroxyl groups is 1. The molecule has 0 aliphatic heterocycles. The van der Waals surface area contributed by atoms with Crippen LogP contribution in [-0.2, 0) is 6.42 Å². The molecular weight excluding hydrogens is 274 g/mol. The van der Waals surface area contributed by atoms with Gasteiger partial charge in [-0.1, -0.05) is 6.07 Å². The number of hydrogen-bond donors (Lipinski definition) is 1. The fourth-order valence-corrected chi connectivity index (χ4v) is 2.18. The number of aromatic nitrogens is 1. The van der Waals surface area contributed by atoms with Crippen molar-refractivity contribution in [2.75, 3.05) is 20.1 Å². The minimum atomic E-state index is -1.19. The third-order valence-electron chi connectivity index (χ3n) is 3.35. The number of rotatable bonds is 6. The summed E-state index contributed by atoms with van der Waals surface area (Å²) >= 11 is 0.